The summed E-state index contributed by atoms with van der Waals surface area (Å²) < 4.78 is 6.17. The lowest BCUT2D eigenvalue weighted by atomic mass is 10.4. The molecule has 2 rings (SSSR count). The fraction of sp³-hybridized carbons (Fsp3) is 0.200. The van der Waals surface area contributed by atoms with Crippen LogP contribution < -0.4 is 0 Å². The van der Waals surface area contributed by atoms with E-state index in [1.54, 1.807) is 6.92 Å². The summed E-state index contributed by atoms with van der Waals surface area (Å²) in [5.41, 5.74) is 1.07. The minimum Gasteiger partial charge on any atom is -0.461 e. The molecule has 16 heavy (non-hydrogen) atoms. The first kappa shape index (κ1) is 10.3. The molecule has 6 nitrogen and oxygen atoms in total. The summed E-state index contributed by atoms with van der Waals surface area (Å²) in [7, 11) is 0. The second kappa shape index (κ2) is 4.09. The number of nitrogens with zero attached hydrogens (tertiary/aromatic N) is 3. The van der Waals surface area contributed by atoms with E-state index in [2.05, 4.69) is 10.1 Å². The fourth-order valence-electron chi connectivity index (χ4n) is 1.26. The predicted molar refractivity (Wildman–Crippen MR) is 54.3 cm³/mol. The molecule has 0 saturated carbocycles. The summed E-state index contributed by atoms with van der Waals surface area (Å²) in [4.78, 5) is 25.9. The van der Waals surface area contributed by atoms with Crippen LogP contribution in [-0.2, 0) is 4.74 Å². The highest BCUT2D eigenvalue weighted by Crippen LogP contribution is 2.05. The largest absolute Gasteiger partial charge is 0.461 e. The van der Waals surface area contributed by atoms with Crippen molar-refractivity contribution in [2.45, 2.75) is 6.92 Å². The van der Waals surface area contributed by atoms with Crippen molar-refractivity contribution in [1.29, 1.82) is 0 Å². The number of aromatic nitrogens is 3. The van der Waals surface area contributed by atoms with Gasteiger partial charge in [0.2, 0.25) is 0 Å². The van der Waals surface area contributed by atoms with Gasteiger partial charge in [-0.15, -0.1) is 0 Å². The Morgan fingerprint density at radius 1 is 1.62 bits per heavy atom. The molecule has 0 aromatic carbocycles. The quantitative estimate of drug-likeness (QED) is 0.561. The van der Waals surface area contributed by atoms with Crippen molar-refractivity contribution in [3.63, 3.8) is 0 Å². The molecular weight excluding hydrogens is 210 g/mol. The van der Waals surface area contributed by atoms with Gasteiger partial charge in [-0.05, 0) is 6.92 Å². The maximum Gasteiger partial charge on any atom is 0.358 e. The van der Waals surface area contributed by atoms with E-state index in [9.17, 15) is 9.59 Å². The lowest BCUT2D eigenvalue weighted by Gasteiger charge is -1.95. The number of hydrogen-bond donors (Lipinski definition) is 0. The third kappa shape index (κ3) is 1.77. The summed E-state index contributed by atoms with van der Waals surface area (Å²) in [5, 5.41) is 3.96. The summed E-state index contributed by atoms with van der Waals surface area (Å²) in [6.45, 7) is 2.01. The van der Waals surface area contributed by atoms with E-state index in [0.717, 1.165) is 0 Å². The molecule has 0 N–H and O–H groups in total. The second-order valence-electron chi connectivity index (χ2n) is 3.06. The van der Waals surface area contributed by atoms with Crippen molar-refractivity contribution in [2.24, 2.45) is 0 Å². The van der Waals surface area contributed by atoms with Crippen LogP contribution in [0.1, 0.15) is 27.8 Å². The minimum absolute atomic E-state index is 0.178. The van der Waals surface area contributed by atoms with Crippen molar-refractivity contribution in [3.05, 3.63) is 29.7 Å². The number of esters is 1. The van der Waals surface area contributed by atoms with E-state index in [4.69, 9.17) is 4.74 Å². The van der Waals surface area contributed by atoms with Gasteiger partial charge in [-0.25, -0.2) is 14.3 Å². The van der Waals surface area contributed by atoms with Gasteiger partial charge in [-0.1, -0.05) is 0 Å². The van der Waals surface area contributed by atoms with Gasteiger partial charge in [0.25, 0.3) is 0 Å². The van der Waals surface area contributed by atoms with E-state index in [-0.39, 0.29) is 5.69 Å². The molecule has 0 spiro atoms. The van der Waals surface area contributed by atoms with E-state index in [1.807, 2.05) is 0 Å². The Kier molecular flexibility index (Phi) is 2.63. The van der Waals surface area contributed by atoms with Crippen LogP contribution in [-0.4, -0.2) is 33.5 Å². The van der Waals surface area contributed by atoms with Crippen LogP contribution in [0.4, 0.5) is 0 Å². The average Bonchev–Trinajstić information content (AvgIpc) is 2.71. The molecule has 82 valence electrons. The maximum atomic E-state index is 11.4. The van der Waals surface area contributed by atoms with Gasteiger partial charge in [0.05, 0.1) is 12.2 Å². The number of carbonyl (C=O) groups excluding carboxylic acids is 2. The number of ether oxygens (including phenoxy) is 1. The summed E-state index contributed by atoms with van der Waals surface area (Å²) in [6.07, 6.45) is 3.58. The zero-order valence-corrected chi connectivity index (χ0v) is 8.58. The van der Waals surface area contributed by atoms with Crippen LogP contribution in [0.15, 0.2) is 18.5 Å². The lowest BCUT2D eigenvalue weighted by Crippen LogP contribution is -2.05. The molecule has 0 aliphatic rings. The first-order chi connectivity index (χ1) is 7.74. The normalized spacial score (nSPS) is 10.3. The molecule has 2 heterocycles. The van der Waals surface area contributed by atoms with E-state index in [1.165, 1.54) is 23.0 Å². The molecule has 0 saturated heterocycles. The smallest absolute Gasteiger partial charge is 0.358 e. The highest BCUT2D eigenvalue weighted by molar-refractivity contribution is 5.88. The Labute approximate surface area is 90.9 Å². The molecule has 6 heteroatoms. The SMILES string of the molecule is CCOC(=O)c1cc2ncc(C=O)cn2n1. The molecular formula is C10H9N3O3. The Morgan fingerprint density at radius 3 is 3.12 bits per heavy atom. The standard InChI is InChI=1S/C10H9N3O3/c1-2-16-10(15)8-3-9-11-4-7(6-14)5-13(9)12-8/h3-6H,2H2,1H3. The van der Waals surface area contributed by atoms with Crippen LogP contribution in [0.3, 0.4) is 0 Å². The highest BCUT2D eigenvalue weighted by Gasteiger charge is 2.12. The molecule has 0 atom stereocenters. The number of aldehydes is 1. The molecule has 0 aliphatic carbocycles. The van der Waals surface area contributed by atoms with Crippen LogP contribution in [0, 0.1) is 0 Å². The zero-order valence-electron chi connectivity index (χ0n) is 8.58. The van der Waals surface area contributed by atoms with Gasteiger partial charge >= 0.3 is 5.97 Å². The molecule has 0 fully saturated rings. The van der Waals surface area contributed by atoms with Crippen LogP contribution in [0.25, 0.3) is 5.65 Å². The van der Waals surface area contributed by atoms with Gasteiger partial charge in [0.1, 0.15) is 0 Å². The van der Waals surface area contributed by atoms with Gasteiger partial charge in [-0.2, -0.15) is 5.10 Å². The average molecular weight is 219 g/mol. The van der Waals surface area contributed by atoms with Crippen molar-refractivity contribution < 1.29 is 14.3 Å². The molecule has 2 aromatic heterocycles. The third-order valence-electron chi connectivity index (χ3n) is 1.95. The monoisotopic (exact) mass is 219 g/mol. The topological polar surface area (TPSA) is 73.6 Å². The number of carbonyl (C=O) groups is 2. The molecule has 0 unspecified atom stereocenters. The summed E-state index contributed by atoms with van der Waals surface area (Å²) >= 11 is 0. The Balaban J connectivity index is 2.43. The molecule has 0 bridgehead atoms. The first-order valence-corrected chi connectivity index (χ1v) is 4.72. The highest BCUT2D eigenvalue weighted by atomic mass is 16.5. The van der Waals surface area contributed by atoms with Crippen molar-refractivity contribution in [1.82, 2.24) is 14.6 Å². The maximum absolute atomic E-state index is 11.4. The van der Waals surface area contributed by atoms with Crippen LogP contribution >= 0.6 is 0 Å². The molecule has 2 aromatic rings. The van der Waals surface area contributed by atoms with Crippen molar-refractivity contribution in [2.75, 3.05) is 6.61 Å². The third-order valence-corrected chi connectivity index (χ3v) is 1.95. The van der Waals surface area contributed by atoms with Gasteiger partial charge in [0.15, 0.2) is 17.6 Å². The van der Waals surface area contributed by atoms with Crippen LogP contribution in [0.2, 0.25) is 0 Å². The summed E-state index contributed by atoms with van der Waals surface area (Å²) in [5.74, 6) is -0.499. The van der Waals surface area contributed by atoms with Crippen molar-refractivity contribution >= 4 is 17.9 Å². The van der Waals surface area contributed by atoms with Gasteiger partial charge in [0, 0.05) is 18.5 Å². The Hall–Kier alpha value is -2.24. The second-order valence-corrected chi connectivity index (χ2v) is 3.06. The summed E-state index contributed by atoms with van der Waals surface area (Å²) in [6, 6.07) is 1.51. The van der Waals surface area contributed by atoms with E-state index < -0.39 is 5.97 Å². The Bertz CT molecular complexity index is 547. The van der Waals surface area contributed by atoms with E-state index in [0.29, 0.717) is 24.1 Å². The Morgan fingerprint density at radius 2 is 2.44 bits per heavy atom. The number of hydrogen-bond acceptors (Lipinski definition) is 5. The fourth-order valence-corrected chi connectivity index (χ4v) is 1.26. The number of rotatable bonds is 3. The van der Waals surface area contributed by atoms with Gasteiger partial charge < -0.3 is 4.74 Å². The van der Waals surface area contributed by atoms with Gasteiger partial charge in [-0.3, -0.25) is 4.79 Å². The lowest BCUT2D eigenvalue weighted by molar-refractivity contribution is 0.0519. The minimum atomic E-state index is -0.499. The molecule has 0 amide bonds. The van der Waals surface area contributed by atoms with E-state index >= 15 is 0 Å². The zero-order chi connectivity index (χ0) is 11.5. The van der Waals surface area contributed by atoms with Crippen LogP contribution in [0.5, 0.6) is 0 Å². The first-order valence-electron chi connectivity index (χ1n) is 4.72. The number of fused-ring (bicyclic) bond motifs is 1. The van der Waals surface area contributed by atoms with Crippen molar-refractivity contribution in [3.8, 4) is 0 Å². The molecule has 0 radical (unpaired) electrons. The predicted octanol–water partition coefficient (Wildman–Crippen LogP) is 0.718. The molecule has 0 aliphatic heterocycles.